The minimum atomic E-state index is -4.42. The maximum Gasteiger partial charge on any atom is 0.416 e. The van der Waals surface area contributed by atoms with Crippen molar-refractivity contribution in [3.05, 3.63) is 64.7 Å². The summed E-state index contributed by atoms with van der Waals surface area (Å²) in [5.41, 5.74) is 0.739. The van der Waals surface area contributed by atoms with E-state index in [4.69, 9.17) is 9.47 Å². The average molecular weight is 612 g/mol. The number of alkyl halides is 3. The molecule has 8 nitrogen and oxygen atoms in total. The molecule has 0 bridgehead atoms. The Balaban J connectivity index is 1.29. The maximum atomic E-state index is 13.2. The number of piperidine rings is 1. The smallest absolute Gasteiger partial charge is 0.370 e. The standard InChI is InChI=1S/C30H40F3N3O5S/c1-23-6-5-7-27(24(23)2)42(38,39)34-14-20-40-22-28(37)36-17-12-29(13-18-36,41-21-19-35-15-3-4-16-35)25-8-10-26(11-9-25)30(31,32)33/h5-11,34H,3-4,12-22H2,1-2H3. The molecule has 12 heteroatoms. The van der Waals surface area contributed by atoms with E-state index < -0.39 is 27.4 Å². The first-order chi connectivity index (χ1) is 19.9. The molecule has 0 saturated carbocycles. The highest BCUT2D eigenvalue weighted by molar-refractivity contribution is 7.89. The van der Waals surface area contributed by atoms with E-state index in [-0.39, 0.29) is 30.6 Å². The Morgan fingerprint density at radius 3 is 2.29 bits per heavy atom. The van der Waals surface area contributed by atoms with Crippen molar-refractivity contribution in [2.24, 2.45) is 0 Å². The van der Waals surface area contributed by atoms with Crippen molar-refractivity contribution in [3.63, 3.8) is 0 Å². The van der Waals surface area contributed by atoms with Crippen LogP contribution < -0.4 is 4.72 Å². The van der Waals surface area contributed by atoms with Gasteiger partial charge >= 0.3 is 6.18 Å². The van der Waals surface area contributed by atoms with Crippen molar-refractivity contribution in [2.75, 3.05) is 59.1 Å². The van der Waals surface area contributed by atoms with E-state index in [1.54, 1.807) is 24.0 Å². The number of hydrogen-bond acceptors (Lipinski definition) is 6. The summed E-state index contributed by atoms with van der Waals surface area (Å²) >= 11 is 0. The Morgan fingerprint density at radius 1 is 0.976 bits per heavy atom. The van der Waals surface area contributed by atoms with Crippen LogP contribution in [0.5, 0.6) is 0 Å². The maximum absolute atomic E-state index is 13.2. The number of ether oxygens (including phenoxy) is 2. The molecule has 0 unspecified atom stereocenters. The van der Waals surface area contributed by atoms with Crippen LogP contribution in [0.2, 0.25) is 0 Å². The van der Waals surface area contributed by atoms with Gasteiger partial charge in [-0.3, -0.25) is 4.79 Å². The number of hydrogen-bond donors (Lipinski definition) is 1. The van der Waals surface area contributed by atoms with E-state index in [9.17, 15) is 26.4 Å². The highest BCUT2D eigenvalue weighted by Crippen LogP contribution is 2.38. The molecular formula is C30H40F3N3O5S. The number of aryl methyl sites for hydroxylation is 1. The van der Waals surface area contributed by atoms with E-state index in [0.717, 1.165) is 50.2 Å². The number of carbonyl (C=O) groups excluding carboxylic acids is 1. The van der Waals surface area contributed by atoms with Gasteiger partial charge in [-0.05, 0) is 87.5 Å². The monoisotopic (exact) mass is 611 g/mol. The fourth-order valence-electron chi connectivity index (χ4n) is 5.56. The predicted molar refractivity (Wildman–Crippen MR) is 152 cm³/mol. The van der Waals surface area contributed by atoms with Crippen LogP contribution in [0.15, 0.2) is 47.4 Å². The summed E-state index contributed by atoms with van der Waals surface area (Å²) in [6, 6.07) is 10.2. The number of carbonyl (C=O) groups is 1. The van der Waals surface area contributed by atoms with Gasteiger partial charge in [-0.2, -0.15) is 13.2 Å². The minimum absolute atomic E-state index is 0.0187. The lowest BCUT2D eigenvalue weighted by molar-refractivity contribution is -0.144. The average Bonchev–Trinajstić information content (AvgIpc) is 3.47. The molecule has 2 saturated heterocycles. The summed E-state index contributed by atoms with van der Waals surface area (Å²) in [5, 5.41) is 0. The van der Waals surface area contributed by atoms with Crippen molar-refractivity contribution < 1.29 is 35.9 Å². The van der Waals surface area contributed by atoms with Crippen LogP contribution in [0, 0.1) is 13.8 Å². The fourth-order valence-corrected chi connectivity index (χ4v) is 6.89. The lowest BCUT2D eigenvalue weighted by Crippen LogP contribution is -2.48. The zero-order valence-electron chi connectivity index (χ0n) is 24.2. The van der Waals surface area contributed by atoms with Crippen LogP contribution in [0.25, 0.3) is 0 Å². The van der Waals surface area contributed by atoms with Crippen molar-refractivity contribution in [2.45, 2.75) is 56.2 Å². The highest BCUT2D eigenvalue weighted by Gasteiger charge is 2.39. The van der Waals surface area contributed by atoms with Gasteiger partial charge < -0.3 is 19.3 Å². The third-order valence-corrected chi connectivity index (χ3v) is 9.86. The molecule has 2 fully saturated rings. The Kier molecular flexibility index (Phi) is 10.7. The molecule has 2 aromatic carbocycles. The first kappa shape index (κ1) is 32.4. The Hall–Kier alpha value is -2.51. The van der Waals surface area contributed by atoms with Crippen LogP contribution >= 0.6 is 0 Å². The van der Waals surface area contributed by atoms with E-state index in [1.807, 2.05) is 13.0 Å². The summed E-state index contributed by atoms with van der Waals surface area (Å²) in [5.74, 6) is -0.231. The van der Waals surface area contributed by atoms with Crippen LogP contribution in [0.1, 0.15) is 47.9 Å². The fraction of sp³-hybridized carbons (Fsp3) is 0.567. The molecule has 0 aliphatic carbocycles. The van der Waals surface area contributed by atoms with Gasteiger partial charge in [0.25, 0.3) is 0 Å². The Morgan fingerprint density at radius 2 is 1.64 bits per heavy atom. The van der Waals surface area contributed by atoms with Gasteiger partial charge in [0.1, 0.15) is 6.61 Å². The second-order valence-corrected chi connectivity index (χ2v) is 12.7. The number of benzene rings is 2. The van der Waals surface area contributed by atoms with Gasteiger partial charge in [-0.15, -0.1) is 0 Å². The number of halogens is 3. The van der Waals surface area contributed by atoms with Crippen LogP contribution in [-0.4, -0.2) is 83.2 Å². The summed E-state index contributed by atoms with van der Waals surface area (Å²) in [6.07, 6.45) is -1.22. The molecule has 2 aliphatic rings. The third-order valence-electron chi connectivity index (χ3n) is 8.26. The lowest BCUT2D eigenvalue weighted by atomic mass is 9.83. The molecule has 232 valence electrons. The highest BCUT2D eigenvalue weighted by atomic mass is 32.2. The molecular weight excluding hydrogens is 571 g/mol. The Labute approximate surface area is 246 Å². The van der Waals surface area contributed by atoms with E-state index in [1.165, 1.54) is 12.1 Å². The molecule has 0 atom stereocenters. The number of rotatable bonds is 12. The molecule has 2 aromatic rings. The number of amides is 1. The predicted octanol–water partition coefficient (Wildman–Crippen LogP) is 4.25. The van der Waals surface area contributed by atoms with Crippen molar-refractivity contribution in [1.82, 2.24) is 14.5 Å². The minimum Gasteiger partial charge on any atom is -0.370 e. The molecule has 4 rings (SSSR count). The van der Waals surface area contributed by atoms with Crippen molar-refractivity contribution in [3.8, 4) is 0 Å². The van der Waals surface area contributed by atoms with E-state index >= 15 is 0 Å². The molecule has 2 aliphatic heterocycles. The summed E-state index contributed by atoms with van der Waals surface area (Å²) in [7, 11) is -3.70. The number of likely N-dealkylation sites (tertiary alicyclic amines) is 2. The third kappa shape index (κ3) is 8.10. The summed E-state index contributed by atoms with van der Waals surface area (Å²) in [4.78, 5) is 17.0. The zero-order chi connectivity index (χ0) is 30.4. The largest absolute Gasteiger partial charge is 0.416 e. The quantitative estimate of drug-likeness (QED) is 0.362. The SMILES string of the molecule is Cc1cccc(S(=O)(=O)NCCOCC(=O)N2CCC(OCCN3CCCC3)(c3ccc(C(F)(F)F)cc3)CC2)c1C. The van der Waals surface area contributed by atoms with Gasteiger partial charge in [0, 0.05) is 26.2 Å². The van der Waals surface area contributed by atoms with Crippen LogP contribution in [0.3, 0.4) is 0 Å². The number of sulfonamides is 1. The Bertz CT molecular complexity index is 1300. The first-order valence-corrected chi connectivity index (χ1v) is 15.9. The van der Waals surface area contributed by atoms with Crippen molar-refractivity contribution >= 4 is 15.9 Å². The molecule has 0 aromatic heterocycles. The molecule has 2 heterocycles. The molecule has 0 radical (unpaired) electrons. The normalized spacial score (nSPS) is 18.0. The van der Waals surface area contributed by atoms with Gasteiger partial charge in [0.05, 0.1) is 29.3 Å². The zero-order valence-corrected chi connectivity index (χ0v) is 25.0. The topological polar surface area (TPSA) is 88.2 Å². The second-order valence-electron chi connectivity index (χ2n) is 11.0. The van der Waals surface area contributed by atoms with Gasteiger partial charge in [0.15, 0.2) is 0 Å². The van der Waals surface area contributed by atoms with Crippen LogP contribution in [-0.2, 0) is 36.1 Å². The molecule has 1 amide bonds. The summed E-state index contributed by atoms with van der Waals surface area (Å²) < 4.78 is 79.2. The molecule has 0 spiro atoms. The van der Waals surface area contributed by atoms with E-state index in [0.29, 0.717) is 43.7 Å². The molecule has 42 heavy (non-hydrogen) atoms. The first-order valence-electron chi connectivity index (χ1n) is 14.4. The number of nitrogens with one attached hydrogen (secondary N) is 1. The number of nitrogens with zero attached hydrogens (tertiary/aromatic N) is 2. The van der Waals surface area contributed by atoms with E-state index in [2.05, 4.69) is 9.62 Å². The molecule has 1 N–H and O–H groups in total. The van der Waals surface area contributed by atoms with Gasteiger partial charge in [-0.1, -0.05) is 24.3 Å². The van der Waals surface area contributed by atoms with Gasteiger partial charge in [0.2, 0.25) is 15.9 Å². The van der Waals surface area contributed by atoms with Gasteiger partial charge in [-0.25, -0.2) is 13.1 Å². The van der Waals surface area contributed by atoms with Crippen LogP contribution in [0.4, 0.5) is 13.2 Å². The second kappa shape index (κ2) is 13.9. The lowest BCUT2D eigenvalue weighted by Gasteiger charge is -2.42. The van der Waals surface area contributed by atoms with Crippen molar-refractivity contribution in [1.29, 1.82) is 0 Å². The summed E-state index contributed by atoms with van der Waals surface area (Å²) in [6.45, 7) is 7.43.